The van der Waals surface area contributed by atoms with E-state index in [0.29, 0.717) is 27.4 Å². The Morgan fingerprint density at radius 2 is 1.72 bits per heavy atom. The number of carbonyl (C=O) groups is 1. The molecule has 0 atom stereocenters. The van der Waals surface area contributed by atoms with E-state index in [1.807, 2.05) is 0 Å². The van der Waals surface area contributed by atoms with Gasteiger partial charge in [0.15, 0.2) is 0 Å². The van der Waals surface area contributed by atoms with Crippen LogP contribution in [0.5, 0.6) is 0 Å². The zero-order valence-corrected chi connectivity index (χ0v) is 16.9. The zero-order valence-electron chi connectivity index (χ0n) is 13.9. The molecule has 4 saturated carbocycles. The number of nitrogens with one attached hydrogen (secondary N) is 1. The van der Waals surface area contributed by atoms with E-state index in [-0.39, 0.29) is 16.8 Å². The van der Waals surface area contributed by atoms with Gasteiger partial charge in [0.1, 0.15) is 0 Å². The van der Waals surface area contributed by atoms with Gasteiger partial charge in [-0.15, -0.1) is 0 Å². The maximum Gasteiger partial charge on any atom is 0.251 e. The van der Waals surface area contributed by atoms with Crippen molar-refractivity contribution in [2.45, 2.75) is 47.5 Å². The Labute approximate surface area is 162 Å². The lowest BCUT2D eigenvalue weighted by molar-refractivity contribution is -0.0119. The van der Waals surface area contributed by atoms with Crippen molar-refractivity contribution < 1.29 is 13.2 Å². The summed E-state index contributed by atoms with van der Waals surface area (Å²) in [6, 6.07) is 4.97. The van der Waals surface area contributed by atoms with Gasteiger partial charge in [-0.2, -0.15) is 0 Å². The Kier molecular flexibility index (Phi) is 4.60. The van der Waals surface area contributed by atoms with Gasteiger partial charge >= 0.3 is 0 Å². The minimum Gasteiger partial charge on any atom is -0.349 e. The molecule has 1 aromatic carbocycles. The van der Waals surface area contributed by atoms with Crippen LogP contribution >= 0.6 is 22.6 Å². The van der Waals surface area contributed by atoms with E-state index in [1.54, 1.807) is 12.1 Å². The van der Waals surface area contributed by atoms with Crippen molar-refractivity contribution in [2.24, 2.45) is 28.8 Å². The number of benzene rings is 1. The summed E-state index contributed by atoms with van der Waals surface area (Å²) in [6.07, 6.45) is 6.40. The molecule has 1 amide bonds. The van der Waals surface area contributed by atoms with Crippen molar-refractivity contribution in [3.63, 3.8) is 0 Å². The number of hydrogen-bond donors (Lipinski definition) is 2. The van der Waals surface area contributed by atoms with Crippen molar-refractivity contribution in [3.05, 3.63) is 29.3 Å². The van der Waals surface area contributed by atoms with Crippen LogP contribution in [0.3, 0.4) is 0 Å². The second kappa shape index (κ2) is 6.49. The molecule has 136 valence electrons. The quantitative estimate of drug-likeness (QED) is 0.520. The summed E-state index contributed by atoms with van der Waals surface area (Å²) in [7, 11) is -3.77. The Balaban J connectivity index is 1.54. The minimum atomic E-state index is -3.77. The lowest BCUT2D eigenvalue weighted by Gasteiger charge is -2.54. The number of carbonyl (C=O) groups excluding carboxylic acids is 1. The van der Waals surface area contributed by atoms with E-state index in [2.05, 4.69) is 27.9 Å². The lowest BCUT2D eigenvalue weighted by atomic mass is 9.54. The number of hydrogen-bond acceptors (Lipinski definition) is 3. The van der Waals surface area contributed by atoms with E-state index >= 15 is 0 Å². The maximum atomic E-state index is 12.8. The number of alkyl halides is 1. The van der Waals surface area contributed by atoms with Crippen LogP contribution in [-0.4, -0.2) is 20.4 Å². The van der Waals surface area contributed by atoms with Crippen molar-refractivity contribution in [1.29, 1.82) is 0 Å². The van der Waals surface area contributed by atoms with E-state index in [1.165, 1.54) is 38.2 Å². The monoisotopic (exact) mass is 474 g/mol. The fraction of sp³-hybridized carbons (Fsp3) is 0.611. The Bertz CT molecular complexity index is 781. The van der Waals surface area contributed by atoms with Crippen LogP contribution < -0.4 is 10.5 Å². The molecule has 1 aromatic rings. The summed E-state index contributed by atoms with van der Waals surface area (Å²) >= 11 is 2.09. The second-order valence-corrected chi connectivity index (χ2v) is 10.2. The largest absolute Gasteiger partial charge is 0.349 e. The number of rotatable bonds is 4. The number of sulfonamides is 1. The molecule has 4 aliphatic rings. The normalized spacial score (nSPS) is 33.4. The lowest BCUT2D eigenvalue weighted by Crippen LogP contribution is -2.55. The number of halogens is 1. The summed E-state index contributed by atoms with van der Waals surface area (Å²) in [4.78, 5) is 12.9. The summed E-state index contributed by atoms with van der Waals surface area (Å²) in [5.41, 5.74) is 1.11. The fourth-order valence-electron chi connectivity index (χ4n) is 5.50. The third-order valence-corrected chi connectivity index (χ3v) is 8.13. The highest BCUT2D eigenvalue weighted by Gasteiger charge is 2.48. The average Bonchev–Trinajstić information content (AvgIpc) is 2.55. The molecule has 0 heterocycles. The minimum absolute atomic E-state index is 0.0930. The van der Waals surface area contributed by atoms with Gasteiger partial charge < -0.3 is 5.32 Å². The van der Waals surface area contributed by atoms with Crippen molar-refractivity contribution in [2.75, 3.05) is 0 Å². The molecule has 4 fully saturated rings. The molecule has 0 saturated heterocycles. The predicted octanol–water partition coefficient (Wildman–Crippen LogP) is 2.82. The van der Waals surface area contributed by atoms with Gasteiger partial charge in [-0.25, -0.2) is 13.6 Å². The molecular weight excluding hydrogens is 451 g/mol. The van der Waals surface area contributed by atoms with Crippen LogP contribution in [0.15, 0.2) is 23.1 Å². The maximum absolute atomic E-state index is 12.8. The van der Waals surface area contributed by atoms with Crippen LogP contribution in [-0.2, 0) is 14.5 Å². The Hall–Kier alpha value is -0.670. The highest BCUT2D eigenvalue weighted by Crippen LogP contribution is 2.53. The van der Waals surface area contributed by atoms with Gasteiger partial charge in [-0.3, -0.25) is 4.79 Å². The number of amides is 1. The first-order chi connectivity index (χ1) is 11.8. The van der Waals surface area contributed by atoms with Gasteiger partial charge in [0, 0.05) is 16.0 Å². The predicted molar refractivity (Wildman–Crippen MR) is 104 cm³/mol. The standard InChI is InChI=1S/C18H23IN2O3S/c19-9-15-8-12(1-2-16(15)25(20,23)24)18(22)21-17-13-4-10-3-11(6-13)7-14(17)5-10/h1-2,8,10-11,13-14,17H,3-7,9H2,(H,21,22)(H2,20,23,24). The van der Waals surface area contributed by atoms with Gasteiger partial charge in [0.05, 0.1) is 4.90 Å². The van der Waals surface area contributed by atoms with Crippen LogP contribution in [0, 0.1) is 23.7 Å². The van der Waals surface area contributed by atoms with Crippen molar-refractivity contribution >= 4 is 38.5 Å². The molecular formula is C18H23IN2O3S. The average molecular weight is 474 g/mol. The highest BCUT2D eigenvalue weighted by atomic mass is 127. The molecule has 25 heavy (non-hydrogen) atoms. The topological polar surface area (TPSA) is 89.3 Å². The highest BCUT2D eigenvalue weighted by molar-refractivity contribution is 14.1. The first-order valence-electron chi connectivity index (χ1n) is 8.87. The zero-order chi connectivity index (χ0) is 17.8. The number of nitrogens with two attached hydrogens (primary N) is 1. The van der Waals surface area contributed by atoms with E-state index in [9.17, 15) is 13.2 Å². The van der Waals surface area contributed by atoms with Crippen LogP contribution in [0.4, 0.5) is 0 Å². The molecule has 4 bridgehead atoms. The smallest absolute Gasteiger partial charge is 0.251 e. The molecule has 0 aliphatic heterocycles. The first kappa shape index (κ1) is 17.7. The van der Waals surface area contributed by atoms with E-state index in [0.717, 1.165) is 11.8 Å². The molecule has 0 spiro atoms. The van der Waals surface area contributed by atoms with Gasteiger partial charge in [0.2, 0.25) is 10.0 Å². The van der Waals surface area contributed by atoms with Crippen molar-refractivity contribution in [3.8, 4) is 0 Å². The molecule has 4 aliphatic carbocycles. The SMILES string of the molecule is NS(=O)(=O)c1ccc(C(=O)NC2C3CC4CC(C3)CC2C4)cc1CI. The summed E-state index contributed by atoms with van der Waals surface area (Å²) in [5.74, 6) is 2.89. The van der Waals surface area contributed by atoms with E-state index < -0.39 is 10.0 Å². The molecule has 5 nitrogen and oxygen atoms in total. The number of primary sulfonamides is 1. The molecule has 0 aromatic heterocycles. The third kappa shape index (κ3) is 3.35. The molecule has 7 heteroatoms. The van der Waals surface area contributed by atoms with Crippen molar-refractivity contribution in [1.82, 2.24) is 5.32 Å². The van der Waals surface area contributed by atoms with Crippen LogP contribution in [0.2, 0.25) is 0 Å². The van der Waals surface area contributed by atoms with Gasteiger partial charge in [-0.05, 0) is 79.5 Å². The summed E-state index contributed by atoms with van der Waals surface area (Å²) in [6.45, 7) is 0. The summed E-state index contributed by atoms with van der Waals surface area (Å²) in [5, 5.41) is 8.52. The third-order valence-electron chi connectivity index (χ3n) is 6.30. The Morgan fingerprint density at radius 3 is 2.24 bits per heavy atom. The second-order valence-electron chi connectivity index (χ2n) is 7.93. The molecule has 3 N–H and O–H groups in total. The molecule has 0 unspecified atom stereocenters. The molecule has 5 rings (SSSR count). The first-order valence-corrected chi connectivity index (χ1v) is 11.9. The fourth-order valence-corrected chi connectivity index (χ4v) is 7.14. The van der Waals surface area contributed by atoms with Gasteiger partial charge in [-0.1, -0.05) is 22.6 Å². The Morgan fingerprint density at radius 1 is 1.12 bits per heavy atom. The van der Waals surface area contributed by atoms with Gasteiger partial charge in [0.25, 0.3) is 5.91 Å². The summed E-state index contributed by atoms with van der Waals surface area (Å²) < 4.78 is 23.8. The molecule has 0 radical (unpaired) electrons. The van der Waals surface area contributed by atoms with Crippen LogP contribution in [0.25, 0.3) is 0 Å². The van der Waals surface area contributed by atoms with E-state index in [4.69, 9.17) is 5.14 Å². The van der Waals surface area contributed by atoms with Crippen LogP contribution in [0.1, 0.15) is 48.0 Å².